The van der Waals surface area contributed by atoms with Crippen molar-refractivity contribution in [3.63, 3.8) is 0 Å². The molecule has 25 heavy (non-hydrogen) atoms. The van der Waals surface area contributed by atoms with Crippen molar-refractivity contribution in [3.05, 3.63) is 64.4 Å². The summed E-state index contributed by atoms with van der Waals surface area (Å²) in [6, 6.07) is 13.6. The fourth-order valence-electron chi connectivity index (χ4n) is 2.83. The molecule has 2 N–H and O–H groups in total. The van der Waals surface area contributed by atoms with Crippen molar-refractivity contribution < 1.29 is 14.1 Å². The Kier molecular flexibility index (Phi) is 5.32. The van der Waals surface area contributed by atoms with E-state index in [2.05, 4.69) is 5.32 Å². The molecule has 1 amide bonds. The van der Waals surface area contributed by atoms with E-state index in [0.717, 1.165) is 23.3 Å². The predicted molar refractivity (Wildman–Crippen MR) is 93.8 cm³/mol. The average Bonchev–Trinajstić information content (AvgIpc) is 3.41. The van der Waals surface area contributed by atoms with Crippen LogP contribution in [0.2, 0.25) is 5.02 Å². The number of benzene rings is 2. The van der Waals surface area contributed by atoms with E-state index in [1.165, 1.54) is 12.1 Å². The number of rotatable bonds is 6. The second-order valence-corrected chi connectivity index (χ2v) is 6.70. The fourth-order valence-corrected chi connectivity index (χ4v) is 3.00. The molecule has 0 radical (unpaired) electrons. The molecule has 1 aliphatic rings. The van der Waals surface area contributed by atoms with E-state index in [1.54, 1.807) is 30.3 Å². The summed E-state index contributed by atoms with van der Waals surface area (Å²) in [4.78, 5) is 13.6. The molecule has 128 valence electrons. The zero-order valence-electron chi connectivity index (χ0n) is 13.6. The summed E-state index contributed by atoms with van der Waals surface area (Å²) in [7, 11) is 0. The third-order valence-corrected chi connectivity index (χ3v) is 4.50. The minimum absolute atomic E-state index is 0.164. The van der Waals surface area contributed by atoms with Gasteiger partial charge in [0.05, 0.1) is 17.3 Å². The van der Waals surface area contributed by atoms with Crippen LogP contribution in [0, 0.1) is 17.1 Å². The van der Waals surface area contributed by atoms with Crippen LogP contribution in [0.15, 0.2) is 42.5 Å². The van der Waals surface area contributed by atoms with Crippen molar-refractivity contribution in [2.45, 2.75) is 25.4 Å². The van der Waals surface area contributed by atoms with Crippen LogP contribution in [0.5, 0.6) is 0 Å². The van der Waals surface area contributed by atoms with Gasteiger partial charge < -0.3 is 10.2 Å². The predicted octanol–water partition coefficient (Wildman–Crippen LogP) is 2.54. The number of halogens is 2. The van der Waals surface area contributed by atoms with Gasteiger partial charge in [0.1, 0.15) is 18.4 Å². The quantitative estimate of drug-likeness (QED) is 0.833. The number of carbonyl (C=O) groups excluding carboxylic acids is 1. The molecule has 2 aromatic carbocycles. The van der Waals surface area contributed by atoms with Gasteiger partial charge in [0.15, 0.2) is 6.54 Å². The lowest BCUT2D eigenvalue weighted by Crippen LogP contribution is -3.13. The molecular weight excluding hydrogens is 341 g/mol. The van der Waals surface area contributed by atoms with Gasteiger partial charge in [0.2, 0.25) is 0 Å². The lowest BCUT2D eigenvalue weighted by atomic mass is 10.2. The minimum Gasteiger partial charge on any atom is -0.321 e. The highest BCUT2D eigenvalue weighted by Crippen LogP contribution is 2.20. The van der Waals surface area contributed by atoms with Gasteiger partial charge in [-0.3, -0.25) is 4.79 Å². The number of carbonyl (C=O) groups is 1. The summed E-state index contributed by atoms with van der Waals surface area (Å²) in [6.45, 7) is 0.957. The van der Waals surface area contributed by atoms with Crippen LogP contribution < -0.4 is 10.2 Å². The van der Waals surface area contributed by atoms with Crippen LogP contribution in [0.4, 0.5) is 10.1 Å². The largest absolute Gasteiger partial charge is 0.321 e. The zero-order chi connectivity index (χ0) is 17.8. The molecule has 0 spiro atoms. The minimum atomic E-state index is -0.264. The number of nitrogens with zero attached hydrogens (tertiary/aromatic N) is 1. The van der Waals surface area contributed by atoms with Gasteiger partial charge in [-0.15, -0.1) is 0 Å². The number of nitrogens with one attached hydrogen (secondary N) is 2. The molecule has 2 aromatic rings. The Balaban J connectivity index is 1.66. The molecule has 1 aliphatic carbocycles. The monoisotopic (exact) mass is 358 g/mol. The smallest absolute Gasteiger partial charge is 0.279 e. The van der Waals surface area contributed by atoms with Crippen molar-refractivity contribution in [1.82, 2.24) is 0 Å². The van der Waals surface area contributed by atoms with E-state index in [9.17, 15) is 9.18 Å². The first-order chi connectivity index (χ1) is 12.0. The first kappa shape index (κ1) is 17.4. The molecule has 1 atom stereocenters. The maximum absolute atomic E-state index is 13.0. The maximum Gasteiger partial charge on any atom is 0.279 e. The van der Waals surface area contributed by atoms with E-state index in [0.29, 0.717) is 35.4 Å². The van der Waals surface area contributed by atoms with Crippen molar-refractivity contribution >= 4 is 23.2 Å². The van der Waals surface area contributed by atoms with Gasteiger partial charge in [-0.25, -0.2) is 4.39 Å². The van der Waals surface area contributed by atoms with Gasteiger partial charge in [-0.1, -0.05) is 23.7 Å². The van der Waals surface area contributed by atoms with E-state index in [1.807, 2.05) is 6.07 Å². The van der Waals surface area contributed by atoms with Crippen LogP contribution in [0.3, 0.4) is 0 Å². The number of anilines is 1. The zero-order valence-corrected chi connectivity index (χ0v) is 14.3. The van der Waals surface area contributed by atoms with E-state index in [4.69, 9.17) is 16.9 Å². The first-order valence-electron chi connectivity index (χ1n) is 8.13. The molecular formula is C19H18ClFN3O+. The Labute approximate surface area is 150 Å². The highest BCUT2D eigenvalue weighted by molar-refractivity contribution is 6.31. The number of hydrogen-bond acceptors (Lipinski definition) is 2. The normalized spacial score (nSPS) is 14.6. The van der Waals surface area contributed by atoms with Crippen LogP contribution >= 0.6 is 11.6 Å². The number of amides is 1. The summed E-state index contributed by atoms with van der Waals surface area (Å²) < 4.78 is 13.0. The van der Waals surface area contributed by atoms with Crippen molar-refractivity contribution in [2.24, 2.45) is 0 Å². The number of nitriles is 1. The number of hydrogen-bond donors (Lipinski definition) is 2. The molecule has 1 saturated carbocycles. The molecule has 1 unspecified atom stereocenters. The summed E-state index contributed by atoms with van der Waals surface area (Å²) in [5.41, 5.74) is 1.80. The van der Waals surface area contributed by atoms with Gasteiger partial charge in [0.25, 0.3) is 5.91 Å². The molecule has 1 fully saturated rings. The summed E-state index contributed by atoms with van der Waals surface area (Å²) in [5.74, 6) is -0.428. The van der Waals surface area contributed by atoms with Crippen molar-refractivity contribution in [2.75, 3.05) is 11.9 Å². The van der Waals surface area contributed by atoms with Crippen LogP contribution in [-0.4, -0.2) is 18.5 Å². The molecule has 6 heteroatoms. The molecule has 3 rings (SSSR count). The summed E-state index contributed by atoms with van der Waals surface area (Å²) >= 11 is 5.95. The SMILES string of the molecule is N#Cc1ccc(Cl)cc1NC(=O)C[NH+](Cc1ccc(F)cc1)C1CC1. The van der Waals surface area contributed by atoms with Crippen LogP contribution in [0.1, 0.15) is 24.0 Å². The second kappa shape index (κ2) is 7.64. The Hall–Kier alpha value is -2.42. The van der Waals surface area contributed by atoms with Crippen molar-refractivity contribution in [3.8, 4) is 6.07 Å². The van der Waals surface area contributed by atoms with Gasteiger partial charge >= 0.3 is 0 Å². The molecule has 0 bridgehead atoms. The van der Waals surface area contributed by atoms with Gasteiger partial charge in [-0.05, 0) is 30.3 Å². The van der Waals surface area contributed by atoms with Crippen molar-refractivity contribution in [1.29, 1.82) is 5.26 Å². The van der Waals surface area contributed by atoms with E-state index < -0.39 is 0 Å². The molecule has 0 saturated heterocycles. The maximum atomic E-state index is 13.0. The lowest BCUT2D eigenvalue weighted by Gasteiger charge is -2.19. The van der Waals surface area contributed by atoms with Crippen LogP contribution in [-0.2, 0) is 11.3 Å². The molecule has 0 aromatic heterocycles. The third-order valence-electron chi connectivity index (χ3n) is 4.26. The highest BCUT2D eigenvalue weighted by atomic mass is 35.5. The third kappa shape index (κ3) is 4.79. The van der Waals surface area contributed by atoms with E-state index >= 15 is 0 Å². The van der Waals surface area contributed by atoms with Gasteiger partial charge in [0, 0.05) is 23.4 Å². The summed E-state index contributed by atoms with van der Waals surface area (Å²) in [6.07, 6.45) is 2.18. The Morgan fingerprint density at radius 2 is 2.00 bits per heavy atom. The standard InChI is InChI=1S/C19H17ClFN3O/c20-15-4-3-14(10-22)18(9-15)23-19(25)12-24(17-7-8-17)11-13-1-5-16(21)6-2-13/h1-6,9,17H,7-8,11-12H2,(H,23,25)/p+1. The first-order valence-corrected chi connectivity index (χ1v) is 8.51. The topological polar surface area (TPSA) is 57.3 Å². The fraction of sp³-hybridized carbons (Fsp3) is 0.263. The Bertz CT molecular complexity index is 812. The Morgan fingerprint density at radius 3 is 2.64 bits per heavy atom. The van der Waals surface area contributed by atoms with Crippen LogP contribution in [0.25, 0.3) is 0 Å². The highest BCUT2D eigenvalue weighted by Gasteiger charge is 2.34. The average molecular weight is 359 g/mol. The second-order valence-electron chi connectivity index (χ2n) is 6.26. The lowest BCUT2D eigenvalue weighted by molar-refractivity contribution is -0.916. The summed E-state index contributed by atoms with van der Waals surface area (Å²) in [5, 5.41) is 12.4. The van der Waals surface area contributed by atoms with E-state index in [-0.39, 0.29) is 11.7 Å². The molecule has 0 aliphatic heterocycles. The molecule has 0 heterocycles. The van der Waals surface area contributed by atoms with Gasteiger partial charge in [-0.2, -0.15) is 5.26 Å². The molecule has 4 nitrogen and oxygen atoms in total. The Morgan fingerprint density at radius 1 is 1.28 bits per heavy atom. The number of quaternary nitrogens is 1.